The Labute approximate surface area is 142 Å². The monoisotopic (exact) mass is 321 g/mol. The zero-order valence-electron chi connectivity index (χ0n) is 15.1. The summed E-state index contributed by atoms with van der Waals surface area (Å²) in [6.07, 6.45) is 15.3. The second-order valence-corrected chi connectivity index (χ2v) is 7.16. The average Bonchev–Trinajstić information content (AvgIpc) is 3.06. The Hall–Kier alpha value is -1.03. The summed E-state index contributed by atoms with van der Waals surface area (Å²) in [5, 5.41) is 7.04. The van der Waals surface area contributed by atoms with E-state index in [-0.39, 0.29) is 0 Å². The van der Waals surface area contributed by atoms with Gasteiger partial charge in [-0.05, 0) is 56.8 Å². The third-order valence-electron chi connectivity index (χ3n) is 5.48. The average molecular weight is 322 g/mol. The molecule has 1 saturated carbocycles. The van der Waals surface area contributed by atoms with Crippen LogP contribution in [0.15, 0.2) is 16.6 Å². The molecule has 132 valence electrons. The van der Waals surface area contributed by atoms with Crippen LogP contribution in [0, 0.1) is 5.41 Å². The number of allylic oxidation sites excluding steroid dienone is 1. The van der Waals surface area contributed by atoms with Crippen LogP contribution in [0.5, 0.6) is 0 Å². The lowest BCUT2D eigenvalue weighted by molar-refractivity contribution is 0.138. The highest BCUT2D eigenvalue weighted by atomic mass is 16.5. The Morgan fingerprint density at radius 3 is 2.70 bits per heavy atom. The first kappa shape index (κ1) is 18.3. The smallest absolute Gasteiger partial charge is 0.191 e. The largest absolute Gasteiger partial charge is 0.385 e. The summed E-state index contributed by atoms with van der Waals surface area (Å²) in [7, 11) is 3.67. The quantitative estimate of drug-likeness (QED) is 0.407. The maximum Gasteiger partial charge on any atom is 0.191 e. The van der Waals surface area contributed by atoms with Gasteiger partial charge in [-0.2, -0.15) is 0 Å². The van der Waals surface area contributed by atoms with Crippen molar-refractivity contribution in [1.29, 1.82) is 0 Å². The molecule has 2 aliphatic carbocycles. The second kappa shape index (κ2) is 9.96. The Morgan fingerprint density at radius 1 is 1.22 bits per heavy atom. The van der Waals surface area contributed by atoms with E-state index in [9.17, 15) is 0 Å². The van der Waals surface area contributed by atoms with Gasteiger partial charge in [-0.3, -0.25) is 4.99 Å². The van der Waals surface area contributed by atoms with Crippen LogP contribution in [0.4, 0.5) is 0 Å². The van der Waals surface area contributed by atoms with E-state index in [1.54, 1.807) is 12.7 Å². The lowest BCUT2D eigenvalue weighted by Gasteiger charge is -2.30. The molecule has 0 heterocycles. The van der Waals surface area contributed by atoms with Gasteiger partial charge in [0.1, 0.15) is 0 Å². The molecule has 0 spiro atoms. The number of ether oxygens (including phenoxy) is 1. The first-order valence-corrected chi connectivity index (χ1v) is 9.39. The van der Waals surface area contributed by atoms with Crippen molar-refractivity contribution >= 4 is 5.96 Å². The third kappa shape index (κ3) is 6.17. The summed E-state index contributed by atoms with van der Waals surface area (Å²) >= 11 is 0. The number of methoxy groups -OCH3 is 1. The number of guanidine groups is 1. The highest BCUT2D eigenvalue weighted by Crippen LogP contribution is 2.40. The lowest BCUT2D eigenvalue weighted by Crippen LogP contribution is -2.43. The van der Waals surface area contributed by atoms with Gasteiger partial charge in [0.2, 0.25) is 0 Å². The van der Waals surface area contributed by atoms with Gasteiger partial charge in [0.15, 0.2) is 5.96 Å². The molecular formula is C19H35N3O. The van der Waals surface area contributed by atoms with Crippen molar-refractivity contribution in [2.24, 2.45) is 10.4 Å². The molecule has 0 aromatic heterocycles. The highest BCUT2D eigenvalue weighted by Gasteiger charge is 2.33. The summed E-state index contributed by atoms with van der Waals surface area (Å²) in [4.78, 5) is 4.39. The molecule has 4 nitrogen and oxygen atoms in total. The van der Waals surface area contributed by atoms with Crippen molar-refractivity contribution < 1.29 is 4.74 Å². The van der Waals surface area contributed by atoms with E-state index in [0.717, 1.165) is 38.5 Å². The minimum Gasteiger partial charge on any atom is -0.385 e. The van der Waals surface area contributed by atoms with Gasteiger partial charge >= 0.3 is 0 Å². The highest BCUT2D eigenvalue weighted by molar-refractivity contribution is 5.79. The number of hydrogen-bond acceptors (Lipinski definition) is 2. The SMILES string of the molecule is CN=C(NCCC1=CCCCC1)NCC1(CCOC)CCCC1. The van der Waals surface area contributed by atoms with E-state index in [0.29, 0.717) is 5.41 Å². The number of hydrogen-bond donors (Lipinski definition) is 2. The molecule has 4 heteroatoms. The Kier molecular flexibility index (Phi) is 7.93. The predicted molar refractivity (Wildman–Crippen MR) is 97.9 cm³/mol. The maximum absolute atomic E-state index is 5.31. The van der Waals surface area contributed by atoms with E-state index in [1.807, 2.05) is 7.05 Å². The normalized spacial score (nSPS) is 21.1. The summed E-state index contributed by atoms with van der Waals surface area (Å²) in [5.41, 5.74) is 2.02. The number of rotatable bonds is 8. The fraction of sp³-hybridized carbons (Fsp3) is 0.842. The van der Waals surface area contributed by atoms with Gasteiger partial charge in [0.05, 0.1) is 0 Å². The minimum absolute atomic E-state index is 0.402. The summed E-state index contributed by atoms with van der Waals surface area (Å²) < 4.78 is 5.31. The molecule has 0 aromatic rings. The summed E-state index contributed by atoms with van der Waals surface area (Å²) in [6, 6.07) is 0. The van der Waals surface area contributed by atoms with E-state index >= 15 is 0 Å². The van der Waals surface area contributed by atoms with E-state index in [4.69, 9.17) is 4.74 Å². The number of nitrogens with zero attached hydrogens (tertiary/aromatic N) is 1. The molecule has 0 aliphatic heterocycles. The molecule has 2 N–H and O–H groups in total. The molecule has 1 fully saturated rings. The zero-order chi connectivity index (χ0) is 16.4. The van der Waals surface area contributed by atoms with Crippen LogP contribution in [0.1, 0.15) is 64.2 Å². The van der Waals surface area contributed by atoms with Crippen molar-refractivity contribution in [3.63, 3.8) is 0 Å². The Morgan fingerprint density at radius 2 is 2.04 bits per heavy atom. The Bertz CT molecular complexity index is 397. The number of aliphatic imine (C=N–C) groups is 1. The first-order chi connectivity index (χ1) is 11.3. The second-order valence-electron chi connectivity index (χ2n) is 7.16. The molecule has 0 radical (unpaired) electrons. The molecule has 2 rings (SSSR count). The fourth-order valence-corrected chi connectivity index (χ4v) is 3.92. The zero-order valence-corrected chi connectivity index (χ0v) is 15.1. The topological polar surface area (TPSA) is 45.7 Å². The standard InChI is InChI=1S/C19H35N3O/c1-20-18(21-14-10-17-8-4-3-5-9-17)22-16-19(13-15-23-2)11-6-7-12-19/h8H,3-7,9-16H2,1-2H3,(H2,20,21,22). The van der Waals surface area contributed by atoms with Crippen LogP contribution in [0.25, 0.3) is 0 Å². The number of nitrogens with one attached hydrogen (secondary N) is 2. The van der Waals surface area contributed by atoms with Crippen LogP contribution in [-0.4, -0.2) is 39.8 Å². The minimum atomic E-state index is 0.402. The van der Waals surface area contributed by atoms with Crippen molar-refractivity contribution in [3.05, 3.63) is 11.6 Å². The molecule has 2 aliphatic rings. The molecule has 0 aromatic carbocycles. The molecule has 0 bridgehead atoms. The molecular weight excluding hydrogens is 286 g/mol. The lowest BCUT2D eigenvalue weighted by atomic mass is 9.83. The van der Waals surface area contributed by atoms with Gasteiger partial charge in [0, 0.05) is 33.9 Å². The first-order valence-electron chi connectivity index (χ1n) is 9.39. The van der Waals surface area contributed by atoms with Crippen LogP contribution in [-0.2, 0) is 4.74 Å². The summed E-state index contributed by atoms with van der Waals surface area (Å²) in [5.74, 6) is 0.949. The van der Waals surface area contributed by atoms with E-state index < -0.39 is 0 Å². The third-order valence-corrected chi connectivity index (χ3v) is 5.48. The van der Waals surface area contributed by atoms with Crippen LogP contribution in [0.2, 0.25) is 0 Å². The van der Waals surface area contributed by atoms with E-state index in [2.05, 4.69) is 21.7 Å². The molecule has 0 unspecified atom stereocenters. The van der Waals surface area contributed by atoms with Gasteiger partial charge in [-0.25, -0.2) is 0 Å². The van der Waals surface area contributed by atoms with Crippen molar-refractivity contribution in [1.82, 2.24) is 10.6 Å². The van der Waals surface area contributed by atoms with Crippen molar-refractivity contribution in [2.45, 2.75) is 64.2 Å². The molecule has 0 saturated heterocycles. The van der Waals surface area contributed by atoms with Crippen molar-refractivity contribution in [2.75, 3.05) is 33.9 Å². The van der Waals surface area contributed by atoms with Gasteiger partial charge in [-0.15, -0.1) is 0 Å². The molecule has 0 atom stereocenters. The van der Waals surface area contributed by atoms with Crippen LogP contribution in [0.3, 0.4) is 0 Å². The van der Waals surface area contributed by atoms with Gasteiger partial charge < -0.3 is 15.4 Å². The van der Waals surface area contributed by atoms with Gasteiger partial charge in [-0.1, -0.05) is 24.5 Å². The maximum atomic E-state index is 5.31. The van der Waals surface area contributed by atoms with Crippen LogP contribution >= 0.6 is 0 Å². The van der Waals surface area contributed by atoms with Crippen molar-refractivity contribution in [3.8, 4) is 0 Å². The molecule has 23 heavy (non-hydrogen) atoms. The summed E-state index contributed by atoms with van der Waals surface area (Å²) in [6.45, 7) is 2.86. The fourth-order valence-electron chi connectivity index (χ4n) is 3.92. The molecule has 0 amide bonds. The van der Waals surface area contributed by atoms with Crippen LogP contribution < -0.4 is 10.6 Å². The predicted octanol–water partition coefficient (Wildman–Crippen LogP) is 3.64. The van der Waals surface area contributed by atoms with E-state index in [1.165, 1.54) is 51.4 Å². The Balaban J connectivity index is 1.72. The van der Waals surface area contributed by atoms with Gasteiger partial charge in [0.25, 0.3) is 0 Å².